The van der Waals surface area contributed by atoms with E-state index in [1.165, 1.54) is 16.2 Å². The molecule has 0 fully saturated rings. The van der Waals surface area contributed by atoms with Crippen molar-refractivity contribution in [1.82, 2.24) is 4.98 Å². The van der Waals surface area contributed by atoms with Crippen molar-refractivity contribution < 1.29 is 14.3 Å². The minimum absolute atomic E-state index is 0.0416. The minimum atomic E-state index is -0.681. The van der Waals surface area contributed by atoms with Gasteiger partial charge < -0.3 is 9.52 Å². The number of phenolic OH excluding ortho intramolecular Hbond substituents is 1. The monoisotopic (exact) mass is 418 g/mol. The van der Waals surface area contributed by atoms with E-state index in [0.717, 1.165) is 16.1 Å². The second kappa shape index (κ2) is 6.53. The fourth-order valence-electron chi connectivity index (χ4n) is 3.81. The smallest absolute Gasteiger partial charge is 0.297 e. The van der Waals surface area contributed by atoms with Crippen LogP contribution in [0, 0.1) is 20.8 Å². The third kappa shape index (κ3) is 2.66. The third-order valence-electron chi connectivity index (χ3n) is 5.46. The fourth-order valence-corrected chi connectivity index (χ4v) is 4.75. The van der Waals surface area contributed by atoms with E-state index in [1.54, 1.807) is 36.4 Å². The van der Waals surface area contributed by atoms with Crippen LogP contribution in [-0.4, -0.2) is 16.0 Å². The molecule has 30 heavy (non-hydrogen) atoms. The molecule has 1 aliphatic heterocycles. The maximum Gasteiger partial charge on any atom is 0.297 e. The van der Waals surface area contributed by atoms with Gasteiger partial charge in [0.15, 0.2) is 10.6 Å². The van der Waals surface area contributed by atoms with Crippen LogP contribution in [0.2, 0.25) is 0 Å². The van der Waals surface area contributed by atoms with Crippen molar-refractivity contribution in [3.63, 3.8) is 0 Å². The van der Waals surface area contributed by atoms with E-state index in [1.807, 2.05) is 26.8 Å². The fraction of sp³-hybridized carbons (Fsp3) is 0.174. The molecule has 3 heterocycles. The summed E-state index contributed by atoms with van der Waals surface area (Å²) >= 11 is 1.40. The number of aromatic hydroxyl groups is 1. The standard InChI is InChI=1S/C23H18N2O4S/c1-11-4-9-17-16(10-11)20(27)18-19(14-5-7-15(26)8-6-14)25(22(28)21(18)29-17)23-24-12(2)13(3)30-23/h4-10,19,26H,1-3H3/t19-/m1/s1. The molecule has 0 saturated carbocycles. The molecule has 1 N–H and O–H groups in total. The lowest BCUT2D eigenvalue weighted by molar-refractivity contribution is 0.0971. The number of fused-ring (bicyclic) bond motifs is 2. The summed E-state index contributed by atoms with van der Waals surface area (Å²) in [5, 5.41) is 10.7. The molecule has 6 nitrogen and oxygen atoms in total. The Labute approximate surface area is 176 Å². The predicted octanol–water partition coefficient (Wildman–Crippen LogP) is 4.63. The van der Waals surface area contributed by atoms with E-state index in [2.05, 4.69) is 4.98 Å². The summed E-state index contributed by atoms with van der Waals surface area (Å²) in [6.45, 7) is 5.74. The second-order valence-corrected chi connectivity index (χ2v) is 8.66. The zero-order valence-corrected chi connectivity index (χ0v) is 17.4. The Kier molecular flexibility index (Phi) is 4.04. The molecule has 4 aromatic rings. The first kappa shape index (κ1) is 18.6. The highest BCUT2D eigenvalue weighted by atomic mass is 32.1. The SMILES string of the molecule is Cc1ccc2oc3c(c(=O)c2c1)[C@@H](c1ccc(O)cc1)N(c1nc(C)c(C)s1)C3=O. The number of thiazole rings is 1. The van der Waals surface area contributed by atoms with Crippen molar-refractivity contribution in [2.45, 2.75) is 26.8 Å². The van der Waals surface area contributed by atoms with E-state index in [4.69, 9.17) is 4.42 Å². The Morgan fingerprint density at radius 1 is 1.07 bits per heavy atom. The maximum absolute atomic E-state index is 13.5. The van der Waals surface area contributed by atoms with E-state index in [9.17, 15) is 14.7 Å². The topological polar surface area (TPSA) is 83.6 Å². The quantitative estimate of drug-likeness (QED) is 0.513. The third-order valence-corrected chi connectivity index (χ3v) is 6.53. The van der Waals surface area contributed by atoms with Crippen LogP contribution < -0.4 is 10.3 Å². The van der Waals surface area contributed by atoms with Crippen LogP contribution in [0.1, 0.15) is 43.9 Å². The minimum Gasteiger partial charge on any atom is -0.508 e. The van der Waals surface area contributed by atoms with E-state index < -0.39 is 11.9 Å². The lowest BCUT2D eigenvalue weighted by atomic mass is 9.98. The molecule has 0 unspecified atom stereocenters. The van der Waals surface area contributed by atoms with Crippen LogP contribution in [0.4, 0.5) is 5.13 Å². The van der Waals surface area contributed by atoms with Crippen LogP contribution in [-0.2, 0) is 0 Å². The Balaban J connectivity index is 1.82. The van der Waals surface area contributed by atoms with Crippen molar-refractivity contribution in [1.29, 1.82) is 0 Å². The summed E-state index contributed by atoms with van der Waals surface area (Å²) < 4.78 is 5.95. The molecule has 7 heteroatoms. The summed E-state index contributed by atoms with van der Waals surface area (Å²) in [6.07, 6.45) is 0. The van der Waals surface area contributed by atoms with E-state index >= 15 is 0 Å². The molecule has 1 atom stereocenters. The van der Waals surface area contributed by atoms with Gasteiger partial charge in [0.05, 0.1) is 22.7 Å². The van der Waals surface area contributed by atoms with Crippen LogP contribution >= 0.6 is 11.3 Å². The zero-order chi connectivity index (χ0) is 21.2. The summed E-state index contributed by atoms with van der Waals surface area (Å²) in [5.74, 6) is -0.242. The molecule has 0 saturated heterocycles. The van der Waals surface area contributed by atoms with Gasteiger partial charge in [-0.15, -0.1) is 11.3 Å². The molecule has 1 amide bonds. The number of benzene rings is 2. The normalized spacial score (nSPS) is 15.8. The Hall–Kier alpha value is -3.45. The Morgan fingerprint density at radius 2 is 1.80 bits per heavy atom. The van der Waals surface area contributed by atoms with Gasteiger partial charge in [0.1, 0.15) is 11.3 Å². The first-order valence-electron chi connectivity index (χ1n) is 9.49. The highest BCUT2D eigenvalue weighted by molar-refractivity contribution is 7.15. The van der Waals surface area contributed by atoms with Crippen LogP contribution in [0.5, 0.6) is 5.75 Å². The molecular weight excluding hydrogens is 400 g/mol. The summed E-state index contributed by atoms with van der Waals surface area (Å²) in [7, 11) is 0. The number of aromatic nitrogens is 1. The van der Waals surface area contributed by atoms with Crippen molar-refractivity contribution in [2.24, 2.45) is 0 Å². The van der Waals surface area contributed by atoms with E-state index in [0.29, 0.717) is 27.2 Å². The maximum atomic E-state index is 13.5. The van der Waals surface area contributed by atoms with E-state index in [-0.39, 0.29) is 16.9 Å². The zero-order valence-electron chi connectivity index (χ0n) is 16.6. The molecule has 0 bridgehead atoms. The summed E-state index contributed by atoms with van der Waals surface area (Å²) in [4.78, 5) is 34.0. The summed E-state index contributed by atoms with van der Waals surface area (Å²) in [5.41, 5.74) is 2.93. The molecule has 0 spiro atoms. The molecule has 0 aliphatic carbocycles. The van der Waals surface area contributed by atoms with Gasteiger partial charge in [-0.1, -0.05) is 23.8 Å². The van der Waals surface area contributed by atoms with Gasteiger partial charge in [0.2, 0.25) is 5.76 Å². The number of anilines is 1. The number of phenols is 1. The Bertz CT molecular complexity index is 1370. The number of rotatable bonds is 2. The molecular formula is C23H18N2O4S. The number of hydrogen-bond acceptors (Lipinski definition) is 6. The number of carbonyl (C=O) groups is 1. The second-order valence-electron chi connectivity index (χ2n) is 7.48. The van der Waals surface area contributed by atoms with Gasteiger partial charge in [0.25, 0.3) is 5.91 Å². The highest BCUT2D eigenvalue weighted by Gasteiger charge is 2.45. The molecule has 5 rings (SSSR count). The summed E-state index contributed by atoms with van der Waals surface area (Å²) in [6, 6.07) is 11.2. The van der Waals surface area contributed by atoms with Crippen molar-refractivity contribution in [3.05, 3.63) is 85.7 Å². The van der Waals surface area contributed by atoms with Crippen LogP contribution in [0.3, 0.4) is 0 Å². The average molecular weight is 418 g/mol. The number of amides is 1. The van der Waals surface area contributed by atoms with Crippen molar-refractivity contribution in [2.75, 3.05) is 4.90 Å². The predicted molar refractivity (Wildman–Crippen MR) is 116 cm³/mol. The molecule has 0 radical (unpaired) electrons. The van der Waals surface area contributed by atoms with Crippen molar-refractivity contribution in [3.8, 4) is 5.75 Å². The van der Waals surface area contributed by atoms with Gasteiger partial charge in [0, 0.05) is 4.88 Å². The molecule has 2 aromatic carbocycles. The number of nitrogens with zero attached hydrogens (tertiary/aromatic N) is 2. The van der Waals surface area contributed by atoms with Crippen LogP contribution in [0.25, 0.3) is 11.0 Å². The first-order chi connectivity index (χ1) is 14.3. The highest BCUT2D eigenvalue weighted by Crippen LogP contribution is 2.43. The molecule has 1 aliphatic rings. The Morgan fingerprint density at radius 3 is 2.47 bits per heavy atom. The van der Waals surface area contributed by atoms with Gasteiger partial charge in [-0.2, -0.15) is 0 Å². The van der Waals surface area contributed by atoms with Crippen LogP contribution in [0.15, 0.2) is 51.7 Å². The lowest BCUT2D eigenvalue weighted by Gasteiger charge is -2.22. The van der Waals surface area contributed by atoms with Crippen molar-refractivity contribution >= 4 is 33.3 Å². The average Bonchev–Trinajstić information content (AvgIpc) is 3.20. The largest absolute Gasteiger partial charge is 0.508 e. The van der Waals surface area contributed by atoms with Gasteiger partial charge in [-0.05, 0) is 50.6 Å². The van der Waals surface area contributed by atoms with Gasteiger partial charge >= 0.3 is 0 Å². The number of aryl methyl sites for hydroxylation is 3. The van der Waals surface area contributed by atoms with Gasteiger partial charge in [-0.25, -0.2) is 4.98 Å². The molecule has 150 valence electrons. The first-order valence-corrected chi connectivity index (χ1v) is 10.3. The van der Waals surface area contributed by atoms with Gasteiger partial charge in [-0.3, -0.25) is 14.5 Å². The number of hydrogen-bond donors (Lipinski definition) is 1. The number of carbonyl (C=O) groups excluding carboxylic acids is 1. The molecule has 2 aromatic heterocycles. The lowest BCUT2D eigenvalue weighted by Crippen LogP contribution is -2.29.